The summed E-state index contributed by atoms with van der Waals surface area (Å²) in [5.41, 5.74) is 8.77. The molecule has 8 rings (SSSR count). The first-order valence-corrected chi connectivity index (χ1v) is 15.7. The molecule has 7 aromatic carbocycles. The number of para-hydroxylation sites is 2. The summed E-state index contributed by atoms with van der Waals surface area (Å²) in [5, 5.41) is 8.76. The van der Waals surface area contributed by atoms with E-state index in [0.717, 1.165) is 33.6 Å². The molecule has 218 valence electrons. The molecule has 0 bridgehead atoms. The summed E-state index contributed by atoms with van der Waals surface area (Å²) in [6.07, 6.45) is 6.11. The van der Waals surface area contributed by atoms with Gasteiger partial charge in [-0.1, -0.05) is 140 Å². The first-order chi connectivity index (χ1) is 22.7. The van der Waals surface area contributed by atoms with Crippen LogP contribution in [0.1, 0.15) is 18.1 Å². The molecular weight excluding hydrogens is 556 g/mol. The van der Waals surface area contributed by atoms with E-state index in [-0.39, 0.29) is 0 Å². The lowest BCUT2D eigenvalue weighted by atomic mass is 9.92. The largest absolute Gasteiger partial charge is 0.315 e. The van der Waals surface area contributed by atoms with Gasteiger partial charge in [0.15, 0.2) is 0 Å². The Morgan fingerprint density at radius 3 is 1.80 bits per heavy atom. The molecule has 46 heavy (non-hydrogen) atoms. The second-order valence-electron chi connectivity index (χ2n) is 11.7. The first-order valence-electron chi connectivity index (χ1n) is 15.7. The van der Waals surface area contributed by atoms with Gasteiger partial charge in [0.1, 0.15) is 0 Å². The van der Waals surface area contributed by atoms with Gasteiger partial charge in [-0.3, -0.25) is 4.99 Å². The Kier molecular flexibility index (Phi) is 6.89. The van der Waals surface area contributed by atoms with Crippen LogP contribution in [0.2, 0.25) is 0 Å². The smallest absolute Gasteiger partial charge is 0.0625 e. The zero-order chi connectivity index (χ0) is 31.0. The summed E-state index contributed by atoms with van der Waals surface area (Å²) in [5.74, 6) is 0. The maximum absolute atomic E-state index is 5.07. The SMILES string of the molecule is C=C/C(=C\N=C(C)c1cccc2c(-c3ccccc3)cn(-c3ccccc3)c12)c1ccc2c3ccccc3c3ccccc3c2c1. The Bertz CT molecular complexity index is 2440. The van der Waals surface area contributed by atoms with Crippen LogP contribution in [-0.2, 0) is 0 Å². The van der Waals surface area contributed by atoms with Crippen molar-refractivity contribution in [1.82, 2.24) is 4.57 Å². The fourth-order valence-corrected chi connectivity index (χ4v) is 6.78. The average Bonchev–Trinajstić information content (AvgIpc) is 3.53. The predicted octanol–water partition coefficient (Wildman–Crippen LogP) is 11.8. The number of rotatable bonds is 6. The Morgan fingerprint density at radius 1 is 0.587 bits per heavy atom. The lowest BCUT2D eigenvalue weighted by molar-refractivity contribution is 1.13. The van der Waals surface area contributed by atoms with E-state index in [2.05, 4.69) is 170 Å². The Hall–Kier alpha value is -5.99. The van der Waals surface area contributed by atoms with Crippen LogP contribution in [0.25, 0.3) is 65.6 Å². The van der Waals surface area contributed by atoms with Crippen molar-refractivity contribution in [3.8, 4) is 16.8 Å². The van der Waals surface area contributed by atoms with E-state index < -0.39 is 0 Å². The number of nitrogens with zero attached hydrogens (tertiary/aromatic N) is 2. The van der Waals surface area contributed by atoms with Gasteiger partial charge in [-0.2, -0.15) is 0 Å². The predicted molar refractivity (Wildman–Crippen MR) is 198 cm³/mol. The highest BCUT2D eigenvalue weighted by molar-refractivity contribution is 6.25. The van der Waals surface area contributed by atoms with Gasteiger partial charge in [0.05, 0.1) is 5.52 Å². The Labute approximate surface area is 268 Å². The van der Waals surface area contributed by atoms with Crippen molar-refractivity contribution in [1.29, 1.82) is 0 Å². The summed E-state index contributed by atoms with van der Waals surface area (Å²) in [6.45, 7) is 6.27. The van der Waals surface area contributed by atoms with Crippen LogP contribution < -0.4 is 0 Å². The van der Waals surface area contributed by atoms with Crippen LogP contribution in [0.5, 0.6) is 0 Å². The monoisotopic (exact) mass is 588 g/mol. The van der Waals surface area contributed by atoms with Crippen LogP contribution in [0.15, 0.2) is 176 Å². The number of aliphatic imine (C=N–C) groups is 1. The molecule has 1 heterocycles. The standard InChI is InChI=1S/C44H32N2/c1-3-31(33-25-26-40-38-21-11-10-19-36(38)37-20-12-13-22-39(37)42(40)27-33)28-45-30(2)35-23-14-24-41-43(32-15-6-4-7-16-32)29-46(44(35)41)34-17-8-5-9-18-34/h3-29H,1H2,2H3/b31-28+,45-30?. The molecule has 0 saturated heterocycles. The van der Waals surface area contributed by atoms with Gasteiger partial charge >= 0.3 is 0 Å². The Morgan fingerprint density at radius 2 is 1.15 bits per heavy atom. The van der Waals surface area contributed by atoms with Crippen molar-refractivity contribution < 1.29 is 0 Å². The third-order valence-electron chi connectivity index (χ3n) is 9.03. The maximum atomic E-state index is 5.07. The number of benzene rings is 7. The lowest BCUT2D eigenvalue weighted by Crippen LogP contribution is -2.00. The zero-order valence-electron chi connectivity index (χ0n) is 25.7. The molecule has 0 saturated carbocycles. The minimum atomic E-state index is 0.942. The van der Waals surface area contributed by atoms with Crippen LogP contribution in [0, 0.1) is 0 Å². The molecule has 0 aliphatic carbocycles. The van der Waals surface area contributed by atoms with Crippen molar-refractivity contribution in [2.24, 2.45) is 4.99 Å². The summed E-state index contributed by atoms with van der Waals surface area (Å²) >= 11 is 0. The van der Waals surface area contributed by atoms with Crippen LogP contribution in [-0.4, -0.2) is 10.3 Å². The molecule has 2 heteroatoms. The molecule has 0 aliphatic heterocycles. The lowest BCUT2D eigenvalue weighted by Gasteiger charge is -2.12. The molecule has 8 aromatic rings. The number of allylic oxidation sites excluding steroid dienone is 2. The summed E-state index contributed by atoms with van der Waals surface area (Å²) in [7, 11) is 0. The zero-order valence-corrected chi connectivity index (χ0v) is 25.7. The molecule has 0 aliphatic rings. The summed E-state index contributed by atoms with van der Waals surface area (Å²) < 4.78 is 2.29. The molecule has 0 amide bonds. The minimum Gasteiger partial charge on any atom is -0.315 e. The second-order valence-corrected chi connectivity index (χ2v) is 11.7. The number of hydrogen-bond acceptors (Lipinski definition) is 1. The van der Waals surface area contributed by atoms with Gasteiger partial charge in [0.25, 0.3) is 0 Å². The van der Waals surface area contributed by atoms with E-state index in [0.29, 0.717) is 0 Å². The van der Waals surface area contributed by atoms with Gasteiger partial charge in [-0.15, -0.1) is 0 Å². The van der Waals surface area contributed by atoms with Crippen molar-refractivity contribution in [2.45, 2.75) is 6.92 Å². The number of hydrogen-bond donors (Lipinski definition) is 0. The molecule has 0 spiro atoms. The van der Waals surface area contributed by atoms with Gasteiger partial charge in [0, 0.05) is 40.3 Å². The van der Waals surface area contributed by atoms with Gasteiger partial charge < -0.3 is 4.57 Å². The molecule has 1 aromatic heterocycles. The van der Waals surface area contributed by atoms with Crippen LogP contribution >= 0.6 is 0 Å². The quantitative estimate of drug-likeness (QED) is 0.104. The Balaban J connectivity index is 1.27. The van der Waals surface area contributed by atoms with Crippen molar-refractivity contribution in [2.75, 3.05) is 0 Å². The second kappa shape index (κ2) is 11.5. The van der Waals surface area contributed by atoms with Crippen LogP contribution in [0.3, 0.4) is 0 Å². The average molecular weight is 589 g/mol. The van der Waals surface area contributed by atoms with E-state index >= 15 is 0 Å². The third-order valence-corrected chi connectivity index (χ3v) is 9.03. The maximum Gasteiger partial charge on any atom is 0.0625 e. The fourth-order valence-electron chi connectivity index (χ4n) is 6.78. The number of aromatic nitrogens is 1. The third kappa shape index (κ3) is 4.63. The van der Waals surface area contributed by atoms with Crippen molar-refractivity contribution >= 4 is 54.5 Å². The minimum absolute atomic E-state index is 0.942. The molecule has 0 unspecified atom stereocenters. The highest BCUT2D eigenvalue weighted by atomic mass is 15.0. The molecule has 0 radical (unpaired) electrons. The molecule has 0 fully saturated rings. The summed E-state index contributed by atoms with van der Waals surface area (Å²) in [4.78, 5) is 5.07. The topological polar surface area (TPSA) is 17.3 Å². The van der Waals surface area contributed by atoms with E-state index in [4.69, 9.17) is 4.99 Å². The van der Waals surface area contributed by atoms with Gasteiger partial charge in [0.2, 0.25) is 0 Å². The molecule has 0 atom stereocenters. The highest BCUT2D eigenvalue weighted by Crippen LogP contribution is 2.37. The first kappa shape index (κ1) is 27.6. The fraction of sp³-hybridized carbons (Fsp3) is 0.0227. The molecule has 0 N–H and O–H groups in total. The highest BCUT2D eigenvalue weighted by Gasteiger charge is 2.16. The normalized spacial score (nSPS) is 12.4. The van der Waals surface area contributed by atoms with Crippen molar-refractivity contribution in [3.63, 3.8) is 0 Å². The molecular formula is C44H32N2. The van der Waals surface area contributed by atoms with Gasteiger partial charge in [-0.25, -0.2) is 0 Å². The van der Waals surface area contributed by atoms with E-state index in [1.165, 1.54) is 48.8 Å². The summed E-state index contributed by atoms with van der Waals surface area (Å²) in [6, 6.07) is 51.7. The van der Waals surface area contributed by atoms with E-state index in [9.17, 15) is 0 Å². The van der Waals surface area contributed by atoms with E-state index in [1.807, 2.05) is 12.3 Å². The van der Waals surface area contributed by atoms with Crippen LogP contribution in [0.4, 0.5) is 0 Å². The van der Waals surface area contributed by atoms with Gasteiger partial charge in [-0.05, 0) is 74.1 Å². The van der Waals surface area contributed by atoms with Crippen molar-refractivity contribution in [3.05, 3.63) is 182 Å². The molecule has 2 nitrogen and oxygen atoms in total. The number of fused-ring (bicyclic) bond motifs is 7. The van der Waals surface area contributed by atoms with E-state index in [1.54, 1.807) is 0 Å².